The second-order valence-electron chi connectivity index (χ2n) is 6.11. The van der Waals surface area contributed by atoms with Crippen LogP contribution in [0.4, 0.5) is 0 Å². The van der Waals surface area contributed by atoms with Crippen LogP contribution in [0.1, 0.15) is 57.4 Å². The highest BCUT2D eigenvalue weighted by Crippen LogP contribution is 2.25. The number of benzene rings is 1. The van der Waals surface area contributed by atoms with Crippen LogP contribution in [0.5, 0.6) is 5.75 Å². The van der Waals surface area contributed by atoms with Gasteiger partial charge < -0.3 is 15.0 Å². The zero-order chi connectivity index (χ0) is 15.5. The van der Waals surface area contributed by atoms with Gasteiger partial charge in [-0.1, -0.05) is 45.0 Å². The van der Waals surface area contributed by atoms with Crippen molar-refractivity contribution in [2.75, 3.05) is 6.61 Å². The van der Waals surface area contributed by atoms with Gasteiger partial charge >= 0.3 is 0 Å². The van der Waals surface area contributed by atoms with E-state index in [4.69, 9.17) is 15.0 Å². The average molecular weight is 289 g/mol. The molecule has 0 saturated carbocycles. The molecule has 0 amide bonds. The fourth-order valence-corrected chi connectivity index (χ4v) is 1.83. The fourth-order valence-electron chi connectivity index (χ4n) is 1.83. The van der Waals surface area contributed by atoms with Gasteiger partial charge in [0.2, 0.25) is 5.89 Å². The Morgan fingerprint density at radius 3 is 2.71 bits per heavy atom. The summed E-state index contributed by atoms with van der Waals surface area (Å²) in [6.45, 7) is 8.83. The van der Waals surface area contributed by atoms with Crippen molar-refractivity contribution in [3.05, 3.63) is 41.5 Å². The molecule has 21 heavy (non-hydrogen) atoms. The van der Waals surface area contributed by atoms with Crippen molar-refractivity contribution >= 4 is 0 Å². The van der Waals surface area contributed by atoms with Gasteiger partial charge in [0.15, 0.2) is 5.82 Å². The lowest BCUT2D eigenvalue weighted by atomic mass is 9.97. The van der Waals surface area contributed by atoms with E-state index in [1.54, 1.807) is 0 Å². The van der Waals surface area contributed by atoms with Crippen LogP contribution in [-0.2, 0) is 5.41 Å². The summed E-state index contributed by atoms with van der Waals surface area (Å²) in [6, 6.07) is 7.28. The smallest absolute Gasteiger partial charge is 0.232 e. The van der Waals surface area contributed by atoms with E-state index in [9.17, 15) is 0 Å². The summed E-state index contributed by atoms with van der Waals surface area (Å²) in [5, 5.41) is 4.00. The number of ether oxygens (including phenoxy) is 1. The molecule has 1 heterocycles. The minimum absolute atomic E-state index is 0.183. The van der Waals surface area contributed by atoms with Crippen molar-refractivity contribution in [2.45, 2.75) is 45.6 Å². The lowest BCUT2D eigenvalue weighted by Crippen LogP contribution is -2.15. The largest absolute Gasteiger partial charge is 0.494 e. The molecule has 1 atom stereocenters. The highest BCUT2D eigenvalue weighted by Gasteiger charge is 2.24. The fraction of sp³-hybridized carbons (Fsp3) is 0.500. The Kier molecular flexibility index (Phi) is 4.63. The van der Waals surface area contributed by atoms with Gasteiger partial charge in [-0.15, -0.1) is 0 Å². The second kappa shape index (κ2) is 6.26. The molecular weight excluding hydrogens is 266 g/mol. The number of hydrogen-bond donors (Lipinski definition) is 1. The number of aromatic nitrogens is 2. The number of nitrogens with two attached hydrogens (primary N) is 1. The Morgan fingerprint density at radius 2 is 2.10 bits per heavy atom. The summed E-state index contributed by atoms with van der Waals surface area (Å²) >= 11 is 0. The van der Waals surface area contributed by atoms with Gasteiger partial charge in [-0.05, 0) is 24.1 Å². The zero-order valence-electron chi connectivity index (χ0n) is 13.1. The third-order valence-corrected chi connectivity index (χ3v) is 3.05. The molecule has 5 heteroatoms. The van der Waals surface area contributed by atoms with Gasteiger partial charge in [0.25, 0.3) is 0 Å². The normalized spacial score (nSPS) is 13.2. The lowest BCUT2D eigenvalue weighted by molar-refractivity contribution is 0.316. The second-order valence-corrected chi connectivity index (χ2v) is 6.11. The summed E-state index contributed by atoms with van der Waals surface area (Å²) in [5.74, 6) is 1.89. The minimum atomic E-state index is -0.421. The SMILES string of the molecule is CCCOc1cccc(C(N)c2noc(C(C)(C)C)n2)c1. The van der Waals surface area contributed by atoms with Crippen LogP contribution in [0.15, 0.2) is 28.8 Å². The average Bonchev–Trinajstić information content (AvgIpc) is 2.94. The first-order valence-corrected chi connectivity index (χ1v) is 7.24. The van der Waals surface area contributed by atoms with E-state index in [1.807, 2.05) is 45.0 Å². The van der Waals surface area contributed by atoms with Crippen LogP contribution in [0, 0.1) is 0 Å². The minimum Gasteiger partial charge on any atom is -0.494 e. The van der Waals surface area contributed by atoms with E-state index in [0.717, 1.165) is 17.7 Å². The molecule has 0 aliphatic rings. The maximum atomic E-state index is 6.23. The number of rotatable bonds is 5. The quantitative estimate of drug-likeness (QED) is 0.915. The van der Waals surface area contributed by atoms with Crippen LogP contribution in [0.25, 0.3) is 0 Å². The monoisotopic (exact) mass is 289 g/mol. The number of hydrogen-bond acceptors (Lipinski definition) is 5. The Hall–Kier alpha value is -1.88. The van der Waals surface area contributed by atoms with E-state index in [1.165, 1.54) is 0 Å². The van der Waals surface area contributed by atoms with E-state index in [0.29, 0.717) is 18.3 Å². The van der Waals surface area contributed by atoms with Gasteiger partial charge in [0.1, 0.15) is 5.75 Å². The topological polar surface area (TPSA) is 74.2 Å². The van der Waals surface area contributed by atoms with E-state index in [-0.39, 0.29) is 5.41 Å². The molecular formula is C16H23N3O2. The van der Waals surface area contributed by atoms with Gasteiger partial charge in [-0.3, -0.25) is 0 Å². The number of nitrogens with zero attached hydrogens (tertiary/aromatic N) is 2. The molecule has 5 nitrogen and oxygen atoms in total. The molecule has 1 unspecified atom stereocenters. The molecule has 114 valence electrons. The molecule has 2 aromatic rings. The van der Waals surface area contributed by atoms with Crippen molar-refractivity contribution in [2.24, 2.45) is 5.73 Å². The van der Waals surface area contributed by atoms with Crippen LogP contribution >= 0.6 is 0 Å². The van der Waals surface area contributed by atoms with E-state index in [2.05, 4.69) is 17.1 Å². The summed E-state index contributed by atoms with van der Waals surface area (Å²) in [4.78, 5) is 4.41. The highest BCUT2D eigenvalue weighted by molar-refractivity contribution is 5.33. The van der Waals surface area contributed by atoms with Crippen LogP contribution < -0.4 is 10.5 Å². The van der Waals surface area contributed by atoms with E-state index >= 15 is 0 Å². The van der Waals surface area contributed by atoms with Crippen molar-refractivity contribution in [3.63, 3.8) is 0 Å². The predicted octanol–water partition coefficient (Wildman–Crippen LogP) is 3.20. The maximum absolute atomic E-state index is 6.23. The first-order chi connectivity index (χ1) is 9.91. The molecule has 0 aliphatic heterocycles. The van der Waals surface area contributed by atoms with Gasteiger partial charge in [0, 0.05) is 5.41 Å². The molecule has 0 spiro atoms. The van der Waals surface area contributed by atoms with Crippen LogP contribution in [0.2, 0.25) is 0 Å². The van der Waals surface area contributed by atoms with Crippen molar-refractivity contribution in [1.29, 1.82) is 0 Å². The molecule has 0 radical (unpaired) electrons. The molecule has 0 bridgehead atoms. The van der Waals surface area contributed by atoms with Crippen molar-refractivity contribution in [3.8, 4) is 5.75 Å². The predicted molar refractivity (Wildman–Crippen MR) is 81.3 cm³/mol. The van der Waals surface area contributed by atoms with Crippen molar-refractivity contribution in [1.82, 2.24) is 10.1 Å². The Bertz CT molecular complexity index is 587. The third-order valence-electron chi connectivity index (χ3n) is 3.05. The summed E-state index contributed by atoms with van der Waals surface area (Å²) in [7, 11) is 0. The molecule has 0 aliphatic carbocycles. The van der Waals surface area contributed by atoms with Crippen LogP contribution in [0.3, 0.4) is 0 Å². The molecule has 1 aromatic carbocycles. The molecule has 0 saturated heterocycles. The lowest BCUT2D eigenvalue weighted by Gasteiger charge is -2.12. The summed E-state index contributed by atoms with van der Waals surface area (Å²) in [6.07, 6.45) is 0.968. The Labute approximate surface area is 125 Å². The molecule has 0 fully saturated rings. The first-order valence-electron chi connectivity index (χ1n) is 7.24. The Morgan fingerprint density at radius 1 is 1.33 bits per heavy atom. The molecule has 1 aromatic heterocycles. The molecule has 2 rings (SSSR count). The third kappa shape index (κ3) is 3.82. The Balaban J connectivity index is 2.19. The molecule has 2 N–H and O–H groups in total. The summed E-state index contributed by atoms with van der Waals surface area (Å²) < 4.78 is 10.9. The van der Waals surface area contributed by atoms with Crippen LogP contribution in [-0.4, -0.2) is 16.7 Å². The summed E-state index contributed by atoms with van der Waals surface area (Å²) in [5.41, 5.74) is 6.95. The van der Waals surface area contributed by atoms with E-state index < -0.39 is 6.04 Å². The zero-order valence-corrected chi connectivity index (χ0v) is 13.1. The highest BCUT2D eigenvalue weighted by atomic mass is 16.5. The van der Waals surface area contributed by atoms with Crippen molar-refractivity contribution < 1.29 is 9.26 Å². The first kappa shape index (κ1) is 15.5. The van der Waals surface area contributed by atoms with Gasteiger partial charge in [0.05, 0.1) is 12.6 Å². The van der Waals surface area contributed by atoms with Gasteiger partial charge in [-0.25, -0.2) is 0 Å². The van der Waals surface area contributed by atoms with Gasteiger partial charge in [-0.2, -0.15) is 4.98 Å². The standard InChI is InChI=1S/C16H23N3O2/c1-5-9-20-12-8-6-7-11(10-12)13(17)14-18-15(21-19-14)16(2,3)4/h6-8,10,13H,5,9,17H2,1-4H3. The maximum Gasteiger partial charge on any atom is 0.232 e.